The summed E-state index contributed by atoms with van der Waals surface area (Å²) < 4.78 is 16.1. The Morgan fingerprint density at radius 3 is 2.50 bits per heavy atom. The van der Waals surface area contributed by atoms with E-state index in [9.17, 15) is 0 Å². The third kappa shape index (κ3) is 10.9. The number of guanidine groups is 1. The van der Waals surface area contributed by atoms with E-state index in [1.54, 1.807) is 7.11 Å². The lowest BCUT2D eigenvalue weighted by Crippen LogP contribution is -2.38. The quantitative estimate of drug-likeness (QED) is 0.320. The summed E-state index contributed by atoms with van der Waals surface area (Å²) >= 11 is 0. The van der Waals surface area contributed by atoms with E-state index in [1.807, 2.05) is 12.1 Å². The Balaban J connectivity index is 2.35. The molecule has 0 bridgehead atoms. The van der Waals surface area contributed by atoms with E-state index in [0.29, 0.717) is 32.3 Å². The average molecular weight is 366 g/mol. The van der Waals surface area contributed by atoms with Crippen molar-refractivity contribution in [3.63, 3.8) is 0 Å². The summed E-state index contributed by atoms with van der Waals surface area (Å²) in [5.74, 6) is 2.26. The van der Waals surface area contributed by atoms with Crippen LogP contribution in [0.2, 0.25) is 0 Å². The second kappa shape index (κ2) is 14.4. The largest absolute Gasteiger partial charge is 0.493 e. The molecule has 0 heterocycles. The fourth-order valence-electron chi connectivity index (χ4n) is 2.09. The van der Waals surface area contributed by atoms with Crippen molar-refractivity contribution in [2.24, 2.45) is 10.9 Å². The minimum atomic E-state index is 0.526. The monoisotopic (exact) mass is 365 g/mol. The van der Waals surface area contributed by atoms with Crippen molar-refractivity contribution >= 4 is 5.96 Å². The first kappa shape index (κ1) is 22.3. The average Bonchev–Trinajstić information content (AvgIpc) is 2.64. The van der Waals surface area contributed by atoms with Crippen molar-refractivity contribution in [1.82, 2.24) is 10.6 Å². The summed E-state index contributed by atoms with van der Waals surface area (Å²) in [5.41, 5.74) is 1.15. The Morgan fingerprint density at radius 2 is 1.85 bits per heavy atom. The molecule has 0 atom stereocenters. The Hall–Kier alpha value is -1.79. The van der Waals surface area contributed by atoms with Crippen LogP contribution < -0.4 is 15.4 Å². The first-order valence-corrected chi connectivity index (χ1v) is 9.46. The Labute approximate surface area is 158 Å². The SMILES string of the molecule is CCNC(=NCc1ccc(OCC(C)C)cc1)NCCCOCCOC. The van der Waals surface area contributed by atoms with Crippen molar-refractivity contribution in [2.45, 2.75) is 33.7 Å². The second-order valence-electron chi connectivity index (χ2n) is 6.43. The van der Waals surface area contributed by atoms with Crippen molar-refractivity contribution < 1.29 is 14.2 Å². The van der Waals surface area contributed by atoms with Gasteiger partial charge in [0, 0.05) is 26.8 Å². The molecular weight excluding hydrogens is 330 g/mol. The molecule has 6 heteroatoms. The van der Waals surface area contributed by atoms with Gasteiger partial charge in [-0.3, -0.25) is 0 Å². The zero-order chi connectivity index (χ0) is 19.0. The van der Waals surface area contributed by atoms with Gasteiger partial charge in [-0.2, -0.15) is 0 Å². The molecule has 148 valence electrons. The smallest absolute Gasteiger partial charge is 0.191 e. The molecule has 0 amide bonds. The number of ether oxygens (including phenoxy) is 3. The van der Waals surface area contributed by atoms with Crippen LogP contribution >= 0.6 is 0 Å². The van der Waals surface area contributed by atoms with Gasteiger partial charge < -0.3 is 24.8 Å². The number of hydrogen-bond donors (Lipinski definition) is 2. The fraction of sp³-hybridized carbons (Fsp3) is 0.650. The molecule has 0 saturated heterocycles. The van der Waals surface area contributed by atoms with Crippen LogP contribution in [-0.2, 0) is 16.0 Å². The highest BCUT2D eigenvalue weighted by molar-refractivity contribution is 5.79. The molecule has 0 saturated carbocycles. The van der Waals surface area contributed by atoms with Gasteiger partial charge in [-0.25, -0.2) is 4.99 Å². The lowest BCUT2D eigenvalue weighted by atomic mass is 10.2. The molecule has 26 heavy (non-hydrogen) atoms. The highest BCUT2D eigenvalue weighted by atomic mass is 16.5. The maximum Gasteiger partial charge on any atom is 0.191 e. The van der Waals surface area contributed by atoms with Crippen LogP contribution in [0.1, 0.15) is 32.8 Å². The minimum absolute atomic E-state index is 0.526. The van der Waals surface area contributed by atoms with E-state index >= 15 is 0 Å². The van der Waals surface area contributed by atoms with E-state index < -0.39 is 0 Å². The summed E-state index contributed by atoms with van der Waals surface area (Å²) in [4.78, 5) is 4.63. The van der Waals surface area contributed by atoms with Crippen LogP contribution in [0.3, 0.4) is 0 Å². The van der Waals surface area contributed by atoms with Gasteiger partial charge in [-0.1, -0.05) is 26.0 Å². The predicted octanol–water partition coefficient (Wildman–Crippen LogP) is 2.83. The molecule has 0 unspecified atom stereocenters. The molecule has 0 aliphatic heterocycles. The number of rotatable bonds is 13. The maximum absolute atomic E-state index is 5.71. The number of nitrogens with zero attached hydrogens (tertiary/aromatic N) is 1. The van der Waals surface area contributed by atoms with Crippen molar-refractivity contribution in [3.05, 3.63) is 29.8 Å². The highest BCUT2D eigenvalue weighted by Crippen LogP contribution is 2.13. The first-order chi connectivity index (χ1) is 12.7. The molecule has 0 spiro atoms. The van der Waals surface area contributed by atoms with Gasteiger partial charge >= 0.3 is 0 Å². The standard InChI is InChI=1S/C20H35N3O3/c1-5-21-20(22-11-6-12-25-14-13-24-4)23-15-18-7-9-19(10-8-18)26-16-17(2)3/h7-10,17H,5-6,11-16H2,1-4H3,(H2,21,22,23). The van der Waals surface area contributed by atoms with Crippen LogP contribution in [0.15, 0.2) is 29.3 Å². The molecule has 0 aromatic heterocycles. The number of nitrogens with one attached hydrogen (secondary N) is 2. The predicted molar refractivity (Wildman–Crippen MR) is 107 cm³/mol. The zero-order valence-electron chi connectivity index (χ0n) is 16.7. The number of hydrogen-bond acceptors (Lipinski definition) is 4. The van der Waals surface area contributed by atoms with E-state index in [2.05, 4.69) is 48.5 Å². The third-order valence-corrected chi connectivity index (χ3v) is 3.46. The molecule has 6 nitrogen and oxygen atoms in total. The van der Waals surface area contributed by atoms with Crippen LogP contribution in [-0.4, -0.2) is 52.6 Å². The lowest BCUT2D eigenvalue weighted by Gasteiger charge is -2.12. The van der Waals surface area contributed by atoms with E-state index in [-0.39, 0.29) is 0 Å². The minimum Gasteiger partial charge on any atom is -0.493 e. The van der Waals surface area contributed by atoms with Crippen molar-refractivity contribution in [2.75, 3.05) is 46.6 Å². The summed E-state index contributed by atoms with van der Waals surface area (Å²) in [5, 5.41) is 6.59. The number of benzene rings is 1. The molecule has 0 radical (unpaired) electrons. The van der Waals surface area contributed by atoms with Gasteiger partial charge in [0.15, 0.2) is 5.96 Å². The highest BCUT2D eigenvalue weighted by Gasteiger charge is 2.00. The fourth-order valence-corrected chi connectivity index (χ4v) is 2.09. The van der Waals surface area contributed by atoms with E-state index in [4.69, 9.17) is 14.2 Å². The van der Waals surface area contributed by atoms with Crippen LogP contribution in [0, 0.1) is 5.92 Å². The van der Waals surface area contributed by atoms with Crippen LogP contribution in [0.4, 0.5) is 0 Å². The first-order valence-electron chi connectivity index (χ1n) is 9.46. The van der Waals surface area contributed by atoms with Gasteiger partial charge in [0.25, 0.3) is 0 Å². The molecule has 0 fully saturated rings. The molecule has 2 N–H and O–H groups in total. The Kier molecular flexibility index (Phi) is 12.3. The van der Waals surface area contributed by atoms with Gasteiger partial charge in [0.05, 0.1) is 26.4 Å². The molecule has 1 aromatic carbocycles. The van der Waals surface area contributed by atoms with Gasteiger partial charge in [0.1, 0.15) is 5.75 Å². The van der Waals surface area contributed by atoms with Crippen molar-refractivity contribution in [1.29, 1.82) is 0 Å². The normalized spacial score (nSPS) is 11.7. The van der Waals surface area contributed by atoms with Gasteiger partial charge in [0.2, 0.25) is 0 Å². The molecule has 0 aliphatic carbocycles. The second-order valence-corrected chi connectivity index (χ2v) is 6.43. The van der Waals surface area contributed by atoms with Gasteiger partial charge in [-0.15, -0.1) is 0 Å². The number of aliphatic imine (C=N–C) groups is 1. The topological polar surface area (TPSA) is 64.1 Å². The van der Waals surface area contributed by atoms with Gasteiger partial charge in [-0.05, 0) is 37.0 Å². The van der Waals surface area contributed by atoms with E-state index in [1.165, 1.54) is 0 Å². The van der Waals surface area contributed by atoms with Crippen molar-refractivity contribution in [3.8, 4) is 5.75 Å². The Morgan fingerprint density at radius 1 is 1.08 bits per heavy atom. The number of methoxy groups -OCH3 is 1. The molecular formula is C20H35N3O3. The molecule has 1 rings (SSSR count). The summed E-state index contributed by atoms with van der Waals surface area (Å²) in [6.45, 7) is 11.4. The summed E-state index contributed by atoms with van der Waals surface area (Å²) in [6.07, 6.45) is 0.927. The summed E-state index contributed by atoms with van der Waals surface area (Å²) in [6, 6.07) is 8.13. The molecule has 0 aliphatic rings. The Bertz CT molecular complexity index is 490. The summed E-state index contributed by atoms with van der Waals surface area (Å²) in [7, 11) is 1.68. The van der Waals surface area contributed by atoms with E-state index in [0.717, 1.165) is 43.4 Å². The third-order valence-electron chi connectivity index (χ3n) is 3.46. The molecule has 1 aromatic rings. The van der Waals surface area contributed by atoms with Crippen LogP contribution in [0.25, 0.3) is 0 Å². The maximum atomic E-state index is 5.71. The zero-order valence-corrected chi connectivity index (χ0v) is 16.7. The van der Waals surface area contributed by atoms with Crippen LogP contribution in [0.5, 0.6) is 5.75 Å². The lowest BCUT2D eigenvalue weighted by molar-refractivity contribution is 0.0698.